The molecule has 5 atom stereocenters. The van der Waals surface area contributed by atoms with Gasteiger partial charge < -0.3 is 10.1 Å². The number of cyclic esters (lactones) is 1. The normalized spacial score (nSPS) is 29.1. The number of fused-ring (bicyclic) bond motifs is 4. The number of nitriles is 1. The number of amides is 2. The number of nitrogens with zero attached hydrogens (tertiary/aromatic N) is 3. The third-order valence-electron chi connectivity index (χ3n) is 7.88. The second kappa shape index (κ2) is 12.2. The minimum Gasteiger partial charge on any atom is -0.455 e. The first-order chi connectivity index (χ1) is 19.4. The molecule has 216 valence electrons. The number of allylic oxidation sites excluding steroid dienone is 1. The summed E-state index contributed by atoms with van der Waals surface area (Å²) in [5.41, 5.74) is 3.47. The van der Waals surface area contributed by atoms with Crippen LogP contribution in [0, 0.1) is 28.6 Å². The summed E-state index contributed by atoms with van der Waals surface area (Å²) in [7, 11) is 0. The van der Waals surface area contributed by atoms with Crippen molar-refractivity contribution >= 4 is 40.5 Å². The average Bonchev–Trinajstić information content (AvgIpc) is 2.96. The molecule has 4 rings (SSSR count). The molecular weight excluding hydrogens is 522 g/mol. The van der Waals surface area contributed by atoms with Gasteiger partial charge in [-0.25, -0.2) is 10.4 Å². The van der Waals surface area contributed by atoms with Gasteiger partial charge in [0.2, 0.25) is 5.91 Å². The molecule has 10 heteroatoms. The van der Waals surface area contributed by atoms with Crippen molar-refractivity contribution in [3.63, 3.8) is 0 Å². The Morgan fingerprint density at radius 1 is 1.15 bits per heavy atom. The largest absolute Gasteiger partial charge is 0.455 e. The summed E-state index contributed by atoms with van der Waals surface area (Å²) in [5.74, 6) is -2.69. The van der Waals surface area contributed by atoms with Gasteiger partial charge in [-0.3, -0.25) is 24.2 Å². The molecule has 1 aromatic heterocycles. The molecule has 1 saturated heterocycles. The molecule has 0 aliphatic carbocycles. The molecule has 2 aliphatic heterocycles. The van der Waals surface area contributed by atoms with E-state index in [1.54, 1.807) is 32.1 Å². The molecule has 2 aromatic rings. The summed E-state index contributed by atoms with van der Waals surface area (Å²) in [6.45, 7) is 8.86. The summed E-state index contributed by atoms with van der Waals surface area (Å²) in [6.07, 6.45) is 3.52. The van der Waals surface area contributed by atoms with Crippen molar-refractivity contribution in [1.29, 1.82) is 5.26 Å². The molecular formula is C31H37N5O5. The number of pyridine rings is 1. The number of carbonyl (C=O) groups excluding carboxylic acids is 4. The van der Waals surface area contributed by atoms with Crippen molar-refractivity contribution in [2.45, 2.75) is 72.1 Å². The number of esters is 1. The summed E-state index contributed by atoms with van der Waals surface area (Å²) in [4.78, 5) is 57.6. The topological polar surface area (TPSA) is 141 Å². The van der Waals surface area contributed by atoms with Crippen molar-refractivity contribution in [2.75, 3.05) is 6.54 Å². The molecule has 5 bridgehead atoms. The Balaban J connectivity index is 1.73. The van der Waals surface area contributed by atoms with E-state index in [0.29, 0.717) is 30.6 Å². The SMILES string of the molecule is CC(C)[C@@H]1CC(=O)C(C)(C#N)/C=C/c2ccc3ccc(nc3c2)[C@@H](C)OC(=O)C2CCCN(N2)C(=O)[C@H](C)NC1=O. The quantitative estimate of drug-likeness (QED) is 0.505. The lowest BCUT2D eigenvalue weighted by atomic mass is 9.79. The van der Waals surface area contributed by atoms with E-state index in [1.807, 2.05) is 38.1 Å². The van der Waals surface area contributed by atoms with Gasteiger partial charge in [-0.15, -0.1) is 0 Å². The predicted molar refractivity (Wildman–Crippen MR) is 152 cm³/mol. The van der Waals surface area contributed by atoms with E-state index in [9.17, 15) is 24.4 Å². The lowest BCUT2D eigenvalue weighted by Crippen LogP contribution is -2.59. The lowest BCUT2D eigenvalue weighted by molar-refractivity contribution is -0.157. The Kier molecular flexibility index (Phi) is 8.88. The van der Waals surface area contributed by atoms with Crippen molar-refractivity contribution in [2.24, 2.45) is 17.3 Å². The minimum absolute atomic E-state index is 0.158. The highest BCUT2D eigenvalue weighted by Crippen LogP contribution is 2.28. The number of carbonyl (C=O) groups is 4. The number of hydrogen-bond acceptors (Lipinski definition) is 8. The number of hydrogen-bond donors (Lipinski definition) is 2. The van der Waals surface area contributed by atoms with E-state index in [-0.39, 0.29) is 18.1 Å². The van der Waals surface area contributed by atoms with Gasteiger partial charge in [0.1, 0.15) is 23.6 Å². The summed E-state index contributed by atoms with van der Waals surface area (Å²) < 4.78 is 5.73. The van der Waals surface area contributed by atoms with Gasteiger partial charge in [0.15, 0.2) is 5.78 Å². The molecule has 2 aliphatic rings. The molecule has 1 aromatic carbocycles. The van der Waals surface area contributed by atoms with Crippen LogP contribution in [0.15, 0.2) is 36.4 Å². The van der Waals surface area contributed by atoms with E-state index >= 15 is 0 Å². The van der Waals surface area contributed by atoms with Crippen LogP contribution in [0.4, 0.5) is 0 Å². The van der Waals surface area contributed by atoms with E-state index in [4.69, 9.17) is 9.72 Å². The van der Waals surface area contributed by atoms with E-state index in [1.165, 1.54) is 11.9 Å². The summed E-state index contributed by atoms with van der Waals surface area (Å²) in [6, 6.07) is 9.77. The molecule has 2 unspecified atom stereocenters. The third-order valence-corrected chi connectivity index (χ3v) is 7.88. The highest BCUT2D eigenvalue weighted by molar-refractivity contribution is 5.95. The van der Waals surface area contributed by atoms with Crippen molar-refractivity contribution in [3.05, 3.63) is 47.7 Å². The first kappa shape index (κ1) is 29.9. The maximum absolute atomic E-state index is 13.4. The number of ether oxygens (including phenoxy) is 1. The molecule has 0 saturated carbocycles. The van der Waals surface area contributed by atoms with E-state index in [0.717, 1.165) is 10.9 Å². The van der Waals surface area contributed by atoms with Crippen LogP contribution in [0.25, 0.3) is 17.0 Å². The number of Topliss-reactive ketones (excluding diaryl/α,β-unsaturated/α-hetero) is 1. The van der Waals surface area contributed by atoms with Gasteiger partial charge in [-0.1, -0.05) is 44.2 Å². The number of benzene rings is 1. The second-order valence-corrected chi connectivity index (χ2v) is 11.4. The van der Waals surface area contributed by atoms with Gasteiger partial charge in [0.25, 0.3) is 5.91 Å². The molecule has 2 N–H and O–H groups in total. The van der Waals surface area contributed by atoms with Gasteiger partial charge in [-0.05, 0) is 57.2 Å². The van der Waals surface area contributed by atoms with Crippen LogP contribution < -0.4 is 10.7 Å². The summed E-state index contributed by atoms with van der Waals surface area (Å²) >= 11 is 0. The zero-order valence-electron chi connectivity index (χ0n) is 24.1. The van der Waals surface area contributed by atoms with E-state index in [2.05, 4.69) is 16.8 Å². The standard InChI is InChI=1S/C31H37N5O5/c1-18(2)23-16-27(37)31(5,17-32)13-12-21-8-9-22-10-11-24(34-26(22)15-21)20(4)41-30(40)25-7-6-14-36(35-25)29(39)19(3)33-28(23)38/h8-13,15,18-20,23,25,35H,6-7,14,16H2,1-5H3,(H,33,38)/b13-12+/t19-,20+,23-,25?,31?/m0/s1. The van der Waals surface area contributed by atoms with E-state index < -0.39 is 47.3 Å². The van der Waals surface area contributed by atoms with Gasteiger partial charge >= 0.3 is 5.97 Å². The molecule has 3 heterocycles. The molecule has 0 radical (unpaired) electrons. The average molecular weight is 560 g/mol. The molecule has 41 heavy (non-hydrogen) atoms. The number of rotatable bonds is 1. The number of hydrazine groups is 1. The van der Waals surface area contributed by atoms with Crippen LogP contribution in [0.3, 0.4) is 0 Å². The van der Waals surface area contributed by atoms with Crippen LogP contribution in [-0.2, 0) is 23.9 Å². The molecule has 10 nitrogen and oxygen atoms in total. The monoisotopic (exact) mass is 559 g/mol. The Morgan fingerprint density at radius 3 is 2.59 bits per heavy atom. The van der Waals surface area contributed by atoms with Crippen molar-refractivity contribution in [3.8, 4) is 6.07 Å². The number of nitrogens with one attached hydrogen (secondary N) is 2. The fraction of sp³-hybridized carbons (Fsp3) is 0.484. The molecule has 0 spiro atoms. The maximum Gasteiger partial charge on any atom is 0.325 e. The summed E-state index contributed by atoms with van der Waals surface area (Å²) in [5, 5.41) is 14.9. The fourth-order valence-electron chi connectivity index (χ4n) is 5.03. The van der Waals surface area contributed by atoms with Crippen LogP contribution >= 0.6 is 0 Å². The van der Waals surface area contributed by atoms with Gasteiger partial charge in [0.05, 0.1) is 17.3 Å². The van der Waals surface area contributed by atoms with Crippen LogP contribution in [0.1, 0.15) is 71.2 Å². The fourth-order valence-corrected chi connectivity index (χ4v) is 5.03. The first-order valence-electron chi connectivity index (χ1n) is 14.0. The number of ketones is 1. The zero-order chi connectivity index (χ0) is 29.9. The van der Waals surface area contributed by atoms with Crippen LogP contribution in [0.2, 0.25) is 0 Å². The highest BCUT2D eigenvalue weighted by atomic mass is 16.5. The predicted octanol–water partition coefficient (Wildman–Crippen LogP) is 3.63. The van der Waals surface area contributed by atoms with Gasteiger partial charge in [0, 0.05) is 24.3 Å². The Hall–Kier alpha value is -4.10. The molecule has 1 fully saturated rings. The van der Waals surface area contributed by atoms with Crippen LogP contribution in [-0.4, -0.2) is 52.2 Å². The second-order valence-electron chi connectivity index (χ2n) is 11.4. The van der Waals surface area contributed by atoms with Gasteiger partial charge in [-0.2, -0.15) is 5.26 Å². The third kappa shape index (κ3) is 6.63. The Labute approximate surface area is 240 Å². The lowest BCUT2D eigenvalue weighted by Gasteiger charge is -2.35. The van der Waals surface area contributed by atoms with Crippen molar-refractivity contribution < 1.29 is 23.9 Å². The first-order valence-corrected chi connectivity index (χ1v) is 14.0. The minimum atomic E-state index is -1.46. The molecule has 2 amide bonds. The van der Waals surface area contributed by atoms with Crippen LogP contribution in [0.5, 0.6) is 0 Å². The Bertz CT molecular complexity index is 1430. The highest BCUT2D eigenvalue weighted by Gasteiger charge is 2.37. The smallest absolute Gasteiger partial charge is 0.325 e. The Morgan fingerprint density at radius 2 is 1.88 bits per heavy atom. The maximum atomic E-state index is 13.4. The number of aromatic nitrogens is 1. The zero-order valence-corrected chi connectivity index (χ0v) is 24.1. The van der Waals surface area contributed by atoms with Crippen molar-refractivity contribution in [1.82, 2.24) is 20.7 Å².